The minimum Gasteiger partial charge on any atom is -0.420 e. The van der Waals surface area contributed by atoms with E-state index in [-0.39, 0.29) is 28.0 Å². The van der Waals surface area contributed by atoms with Gasteiger partial charge >= 0.3 is 12.3 Å². The van der Waals surface area contributed by atoms with Crippen LogP contribution >= 0.6 is 11.8 Å². The molecule has 0 unspecified atom stereocenters. The van der Waals surface area contributed by atoms with E-state index in [1.54, 1.807) is 6.92 Å². The van der Waals surface area contributed by atoms with E-state index in [1.165, 1.54) is 24.3 Å². The molecule has 37 heavy (non-hydrogen) atoms. The second-order valence-corrected chi connectivity index (χ2v) is 8.56. The van der Waals surface area contributed by atoms with Gasteiger partial charge in [-0.15, -0.1) is 13.2 Å². The van der Waals surface area contributed by atoms with Gasteiger partial charge in [0.15, 0.2) is 29.0 Å². The van der Waals surface area contributed by atoms with Gasteiger partial charge in [0.25, 0.3) is 0 Å². The Hall–Kier alpha value is -3.54. The number of alkyl halides is 3. The fourth-order valence-electron chi connectivity index (χ4n) is 3.03. The van der Waals surface area contributed by atoms with Crippen LogP contribution in [-0.2, 0) is 0 Å². The van der Waals surface area contributed by atoms with Crippen molar-refractivity contribution in [2.75, 3.05) is 11.5 Å². The Labute approximate surface area is 209 Å². The summed E-state index contributed by atoms with van der Waals surface area (Å²) >= 11 is 1.14. The van der Waals surface area contributed by atoms with Gasteiger partial charge in [0.1, 0.15) is 5.83 Å². The highest BCUT2D eigenvalue weighted by molar-refractivity contribution is 7.99. The first-order valence-electron chi connectivity index (χ1n) is 10.4. The minimum atomic E-state index is -5.29. The molecule has 0 amide bonds. The lowest BCUT2D eigenvalue weighted by Crippen LogP contribution is -2.19. The standard InChI is InChI=1S/C25H16F8O3S/c1-2-37-12-20(29)22(30)15-7-8-21(17(26)9-15)35-24(34)14-5-3-13(4-6-14)16-10-18(27)23(19(28)11-16)36-25(31,32)33/h3-11H,2,12H2,1H3. The van der Waals surface area contributed by atoms with E-state index in [4.69, 9.17) is 4.74 Å². The summed E-state index contributed by atoms with van der Waals surface area (Å²) < 4.78 is 115. The molecule has 3 rings (SSSR count). The van der Waals surface area contributed by atoms with Crippen LogP contribution in [0.3, 0.4) is 0 Å². The Morgan fingerprint density at radius 2 is 1.43 bits per heavy atom. The Kier molecular flexibility index (Phi) is 8.85. The van der Waals surface area contributed by atoms with Crippen molar-refractivity contribution in [1.82, 2.24) is 0 Å². The fraction of sp³-hybridized carbons (Fsp3) is 0.160. The third-order valence-corrected chi connectivity index (χ3v) is 5.59. The van der Waals surface area contributed by atoms with E-state index in [0.717, 1.165) is 23.9 Å². The molecule has 0 atom stereocenters. The van der Waals surface area contributed by atoms with Crippen LogP contribution < -0.4 is 9.47 Å². The number of carbonyl (C=O) groups excluding carboxylic acids is 1. The topological polar surface area (TPSA) is 35.5 Å². The van der Waals surface area contributed by atoms with E-state index in [9.17, 15) is 39.9 Å². The third-order valence-electron chi connectivity index (χ3n) is 4.73. The van der Waals surface area contributed by atoms with Crippen molar-refractivity contribution in [1.29, 1.82) is 0 Å². The van der Waals surface area contributed by atoms with E-state index < -0.39 is 52.9 Å². The van der Waals surface area contributed by atoms with Crippen molar-refractivity contribution < 1.29 is 49.4 Å². The summed E-state index contributed by atoms with van der Waals surface area (Å²) in [5.41, 5.74) is -0.499. The Morgan fingerprint density at radius 1 is 0.838 bits per heavy atom. The van der Waals surface area contributed by atoms with Crippen molar-refractivity contribution in [3.63, 3.8) is 0 Å². The lowest BCUT2D eigenvalue weighted by atomic mass is 10.0. The van der Waals surface area contributed by atoms with Gasteiger partial charge in [-0.25, -0.2) is 26.7 Å². The molecule has 12 heteroatoms. The zero-order chi connectivity index (χ0) is 27.3. The Balaban J connectivity index is 1.75. The molecule has 3 aromatic carbocycles. The Bertz CT molecular complexity index is 1300. The molecular formula is C25H16F8O3S. The van der Waals surface area contributed by atoms with Crippen molar-refractivity contribution in [2.24, 2.45) is 0 Å². The molecule has 0 aliphatic heterocycles. The highest BCUT2D eigenvalue weighted by Gasteiger charge is 2.34. The summed E-state index contributed by atoms with van der Waals surface area (Å²) in [7, 11) is 0. The molecule has 0 spiro atoms. The molecule has 0 radical (unpaired) electrons. The molecule has 0 bridgehead atoms. The second-order valence-electron chi connectivity index (χ2n) is 7.28. The monoisotopic (exact) mass is 548 g/mol. The van der Waals surface area contributed by atoms with E-state index in [0.29, 0.717) is 24.0 Å². The van der Waals surface area contributed by atoms with Crippen LogP contribution in [0.25, 0.3) is 17.0 Å². The molecule has 0 saturated carbocycles. The van der Waals surface area contributed by atoms with Gasteiger partial charge in [0.2, 0.25) is 5.75 Å². The molecule has 3 aromatic rings. The van der Waals surface area contributed by atoms with Crippen LogP contribution in [0, 0.1) is 17.5 Å². The smallest absolute Gasteiger partial charge is 0.420 e. The number of carbonyl (C=O) groups is 1. The fourth-order valence-corrected chi connectivity index (χ4v) is 3.54. The van der Waals surface area contributed by atoms with Crippen molar-refractivity contribution >= 4 is 23.6 Å². The molecule has 3 nitrogen and oxygen atoms in total. The molecule has 0 heterocycles. The van der Waals surface area contributed by atoms with Crippen LogP contribution in [0.4, 0.5) is 35.1 Å². The number of hydrogen-bond acceptors (Lipinski definition) is 4. The SMILES string of the molecule is CCSCC(F)=C(F)c1ccc(OC(=O)c2ccc(-c3cc(F)c(OC(F)(F)F)c(F)c3)cc2)c(F)c1. The van der Waals surface area contributed by atoms with Crippen LogP contribution in [-0.4, -0.2) is 23.8 Å². The largest absolute Gasteiger partial charge is 0.573 e. The van der Waals surface area contributed by atoms with E-state index in [1.807, 2.05) is 0 Å². The van der Waals surface area contributed by atoms with Crippen molar-refractivity contribution in [2.45, 2.75) is 13.3 Å². The van der Waals surface area contributed by atoms with Gasteiger partial charge in [-0.1, -0.05) is 19.1 Å². The molecule has 0 aliphatic carbocycles. The highest BCUT2D eigenvalue weighted by Crippen LogP contribution is 2.33. The first-order valence-corrected chi connectivity index (χ1v) is 11.5. The Morgan fingerprint density at radius 3 is 1.97 bits per heavy atom. The average molecular weight is 548 g/mol. The predicted molar refractivity (Wildman–Crippen MR) is 122 cm³/mol. The second kappa shape index (κ2) is 11.7. The lowest BCUT2D eigenvalue weighted by molar-refractivity contribution is -0.276. The number of hydrogen-bond donors (Lipinski definition) is 0. The molecule has 0 fully saturated rings. The van der Waals surface area contributed by atoms with Crippen molar-refractivity contribution in [3.05, 3.63) is 89.0 Å². The normalized spacial score (nSPS) is 12.2. The molecule has 196 valence electrons. The van der Waals surface area contributed by atoms with Gasteiger partial charge in [-0.05, 0) is 59.3 Å². The summed E-state index contributed by atoms with van der Waals surface area (Å²) in [4.78, 5) is 12.4. The highest BCUT2D eigenvalue weighted by atomic mass is 32.2. The first kappa shape index (κ1) is 28.0. The molecule has 0 saturated heterocycles. The molecular weight excluding hydrogens is 532 g/mol. The zero-order valence-electron chi connectivity index (χ0n) is 18.8. The number of benzene rings is 3. The van der Waals surface area contributed by atoms with Crippen LogP contribution in [0.15, 0.2) is 60.4 Å². The van der Waals surface area contributed by atoms with Gasteiger partial charge in [0, 0.05) is 11.3 Å². The first-order chi connectivity index (χ1) is 17.4. The van der Waals surface area contributed by atoms with E-state index in [2.05, 4.69) is 4.74 Å². The molecule has 0 N–H and O–H groups in total. The summed E-state index contributed by atoms with van der Waals surface area (Å²) in [5.74, 6) is -9.47. The summed E-state index contributed by atoms with van der Waals surface area (Å²) in [6.45, 7) is 1.76. The summed E-state index contributed by atoms with van der Waals surface area (Å²) in [5, 5.41) is 0. The summed E-state index contributed by atoms with van der Waals surface area (Å²) in [6.07, 6.45) is -5.29. The van der Waals surface area contributed by atoms with Crippen LogP contribution in [0.5, 0.6) is 11.5 Å². The average Bonchev–Trinajstić information content (AvgIpc) is 2.84. The predicted octanol–water partition coefficient (Wildman–Crippen LogP) is 8.25. The van der Waals surface area contributed by atoms with E-state index >= 15 is 0 Å². The zero-order valence-corrected chi connectivity index (χ0v) is 19.6. The summed E-state index contributed by atoms with van der Waals surface area (Å²) in [6, 6.07) is 8.69. The number of halogens is 8. The molecule has 0 aromatic heterocycles. The number of ether oxygens (including phenoxy) is 2. The third kappa shape index (κ3) is 7.25. The van der Waals surface area contributed by atoms with Gasteiger partial charge in [0.05, 0.1) is 5.56 Å². The maximum atomic E-state index is 14.4. The van der Waals surface area contributed by atoms with Crippen LogP contribution in [0.1, 0.15) is 22.8 Å². The van der Waals surface area contributed by atoms with Crippen LogP contribution in [0.2, 0.25) is 0 Å². The maximum Gasteiger partial charge on any atom is 0.573 e. The quantitative estimate of drug-likeness (QED) is 0.161. The lowest BCUT2D eigenvalue weighted by Gasteiger charge is -2.12. The number of esters is 1. The maximum absolute atomic E-state index is 14.4. The van der Waals surface area contributed by atoms with Gasteiger partial charge in [-0.3, -0.25) is 0 Å². The number of rotatable bonds is 8. The number of thioether (sulfide) groups is 1. The minimum absolute atomic E-state index is 0.112. The van der Waals surface area contributed by atoms with Gasteiger partial charge < -0.3 is 9.47 Å². The molecule has 0 aliphatic rings. The van der Waals surface area contributed by atoms with Crippen molar-refractivity contribution in [3.8, 4) is 22.6 Å². The van der Waals surface area contributed by atoms with Gasteiger partial charge in [-0.2, -0.15) is 11.8 Å².